The first-order chi connectivity index (χ1) is 9.61. The minimum atomic E-state index is -0.797. The topological polar surface area (TPSA) is 53.4 Å². The minimum absolute atomic E-state index is 0.429. The van der Waals surface area contributed by atoms with Gasteiger partial charge in [-0.3, -0.25) is 4.79 Å². The summed E-state index contributed by atoms with van der Waals surface area (Å²) in [5, 5.41) is 13.9. The van der Waals surface area contributed by atoms with Crippen molar-refractivity contribution in [3.05, 3.63) is 35.5 Å². The quantitative estimate of drug-likeness (QED) is 0.794. The molecule has 2 heterocycles. The van der Waals surface area contributed by atoms with Gasteiger partial charge in [-0.05, 0) is 11.4 Å². The predicted molar refractivity (Wildman–Crippen MR) is 84.6 cm³/mol. The summed E-state index contributed by atoms with van der Waals surface area (Å²) in [6, 6.07) is 4.02. The second-order valence-corrected chi connectivity index (χ2v) is 6.21. The van der Waals surface area contributed by atoms with Crippen molar-refractivity contribution in [2.24, 2.45) is 5.92 Å². The molecule has 0 bridgehead atoms. The average molecular weight is 308 g/mol. The highest BCUT2D eigenvalue weighted by Crippen LogP contribution is 2.30. The Bertz CT molecular complexity index is 578. The van der Waals surface area contributed by atoms with Gasteiger partial charge in [0.1, 0.15) is 0 Å². The van der Waals surface area contributed by atoms with Crippen LogP contribution in [0.2, 0.25) is 0 Å². The van der Waals surface area contributed by atoms with Gasteiger partial charge in [0.05, 0.1) is 16.5 Å². The third kappa shape index (κ3) is 3.46. The lowest BCUT2D eigenvalue weighted by atomic mass is 10.2. The fourth-order valence-electron chi connectivity index (χ4n) is 1.74. The van der Waals surface area contributed by atoms with E-state index < -0.39 is 11.9 Å². The summed E-state index contributed by atoms with van der Waals surface area (Å²) in [6.07, 6.45) is 1.76. The lowest BCUT2D eigenvalue weighted by molar-refractivity contribution is -0.140. The zero-order chi connectivity index (χ0) is 14.5. The van der Waals surface area contributed by atoms with Crippen molar-refractivity contribution in [2.75, 3.05) is 18.0 Å². The maximum atomic E-state index is 11.0. The summed E-state index contributed by atoms with van der Waals surface area (Å²) in [5.41, 5.74) is 0.942. The van der Waals surface area contributed by atoms with Crippen molar-refractivity contribution >= 4 is 33.8 Å². The molecule has 0 spiro atoms. The van der Waals surface area contributed by atoms with E-state index in [1.165, 1.54) is 11.3 Å². The van der Waals surface area contributed by atoms with Gasteiger partial charge in [-0.25, -0.2) is 4.98 Å². The summed E-state index contributed by atoms with van der Waals surface area (Å²) in [6.45, 7) is 6.45. The van der Waals surface area contributed by atoms with Crippen LogP contribution >= 0.6 is 22.7 Å². The zero-order valence-corrected chi connectivity index (χ0v) is 12.8. The third-order valence-electron chi connectivity index (χ3n) is 2.80. The number of nitrogens with zero attached hydrogens (tertiary/aromatic N) is 2. The van der Waals surface area contributed by atoms with E-state index in [9.17, 15) is 4.79 Å². The largest absolute Gasteiger partial charge is 0.481 e. The molecule has 1 atom stereocenters. The molecular formula is C14H16N2O2S2. The van der Waals surface area contributed by atoms with E-state index in [1.54, 1.807) is 24.3 Å². The smallest absolute Gasteiger partial charge is 0.308 e. The van der Waals surface area contributed by atoms with E-state index >= 15 is 0 Å². The molecule has 6 heteroatoms. The molecule has 0 aliphatic heterocycles. The van der Waals surface area contributed by atoms with Crippen LogP contribution in [0.25, 0.3) is 10.6 Å². The van der Waals surface area contributed by atoms with Crippen LogP contribution in [0.5, 0.6) is 0 Å². The molecule has 4 nitrogen and oxygen atoms in total. The summed E-state index contributed by atoms with van der Waals surface area (Å²) < 4.78 is 0. The van der Waals surface area contributed by atoms with Crippen molar-refractivity contribution in [3.8, 4) is 10.6 Å². The van der Waals surface area contributed by atoms with Gasteiger partial charge >= 0.3 is 5.97 Å². The number of carboxylic acid groups (broad SMARTS) is 1. The zero-order valence-electron chi connectivity index (χ0n) is 11.2. The number of carboxylic acids is 1. The molecular weight excluding hydrogens is 292 g/mol. The van der Waals surface area contributed by atoms with Crippen LogP contribution in [-0.4, -0.2) is 29.1 Å². The van der Waals surface area contributed by atoms with Gasteiger partial charge in [0, 0.05) is 18.5 Å². The number of hydrogen-bond donors (Lipinski definition) is 1. The highest BCUT2D eigenvalue weighted by molar-refractivity contribution is 7.16. The number of rotatable bonds is 7. The Morgan fingerprint density at radius 3 is 3.00 bits per heavy atom. The van der Waals surface area contributed by atoms with E-state index in [2.05, 4.69) is 11.6 Å². The first-order valence-corrected chi connectivity index (χ1v) is 7.95. The Hall–Kier alpha value is -1.66. The lowest BCUT2D eigenvalue weighted by Crippen LogP contribution is -2.31. The molecule has 0 saturated carbocycles. The van der Waals surface area contributed by atoms with Crippen LogP contribution in [0.15, 0.2) is 35.5 Å². The average Bonchev–Trinajstić information content (AvgIpc) is 3.08. The fraction of sp³-hybridized carbons (Fsp3) is 0.286. The van der Waals surface area contributed by atoms with Gasteiger partial charge in [0.15, 0.2) is 5.13 Å². The molecule has 1 unspecified atom stereocenters. The summed E-state index contributed by atoms with van der Waals surface area (Å²) >= 11 is 3.17. The molecule has 0 aliphatic carbocycles. The van der Waals surface area contributed by atoms with Gasteiger partial charge in [0.25, 0.3) is 0 Å². The predicted octanol–water partition coefficient (Wildman–Crippen LogP) is 3.58. The van der Waals surface area contributed by atoms with Crippen LogP contribution in [0.4, 0.5) is 5.13 Å². The van der Waals surface area contributed by atoms with Crippen molar-refractivity contribution in [3.63, 3.8) is 0 Å². The molecule has 0 fully saturated rings. The van der Waals surface area contributed by atoms with E-state index in [1.807, 2.05) is 27.8 Å². The van der Waals surface area contributed by atoms with Gasteiger partial charge in [-0.2, -0.15) is 0 Å². The third-order valence-corrected chi connectivity index (χ3v) is 4.60. The molecule has 0 aromatic carbocycles. The highest BCUT2D eigenvalue weighted by atomic mass is 32.1. The maximum absolute atomic E-state index is 11.0. The Morgan fingerprint density at radius 2 is 2.40 bits per heavy atom. The Balaban J connectivity index is 2.17. The Kier molecular flexibility index (Phi) is 4.92. The number of anilines is 1. The van der Waals surface area contributed by atoms with Crippen molar-refractivity contribution in [1.29, 1.82) is 0 Å². The number of aromatic nitrogens is 1. The van der Waals surface area contributed by atoms with Gasteiger partial charge in [-0.1, -0.05) is 19.1 Å². The molecule has 20 heavy (non-hydrogen) atoms. The molecule has 2 aromatic heterocycles. The number of hydrogen-bond acceptors (Lipinski definition) is 5. The van der Waals surface area contributed by atoms with Crippen molar-refractivity contribution in [2.45, 2.75) is 6.92 Å². The van der Waals surface area contributed by atoms with Crippen molar-refractivity contribution < 1.29 is 9.90 Å². The molecule has 2 aromatic rings. The number of thiophene rings is 1. The summed E-state index contributed by atoms with van der Waals surface area (Å²) in [4.78, 5) is 18.7. The Morgan fingerprint density at radius 1 is 1.60 bits per heavy atom. The molecule has 0 aliphatic rings. The van der Waals surface area contributed by atoms with Crippen LogP contribution in [0.1, 0.15) is 6.92 Å². The van der Waals surface area contributed by atoms with Crippen LogP contribution < -0.4 is 4.90 Å². The molecule has 0 amide bonds. The van der Waals surface area contributed by atoms with E-state index in [-0.39, 0.29) is 0 Å². The fourth-order valence-corrected chi connectivity index (χ4v) is 3.35. The van der Waals surface area contributed by atoms with Crippen LogP contribution in [0, 0.1) is 5.92 Å². The van der Waals surface area contributed by atoms with Gasteiger partial charge < -0.3 is 10.0 Å². The SMILES string of the molecule is C=CCN(CC(C)C(=O)O)c1nc(-c2cccs2)cs1. The molecule has 0 radical (unpaired) electrons. The molecule has 0 saturated heterocycles. The van der Waals surface area contributed by atoms with Crippen LogP contribution in [-0.2, 0) is 4.79 Å². The minimum Gasteiger partial charge on any atom is -0.481 e. The summed E-state index contributed by atoms with van der Waals surface area (Å²) in [7, 11) is 0. The Labute approximate surface area is 126 Å². The van der Waals surface area contributed by atoms with Crippen LogP contribution in [0.3, 0.4) is 0 Å². The van der Waals surface area contributed by atoms with E-state index in [4.69, 9.17) is 5.11 Å². The maximum Gasteiger partial charge on any atom is 0.308 e. The second kappa shape index (κ2) is 6.67. The van der Waals surface area contributed by atoms with Crippen molar-refractivity contribution in [1.82, 2.24) is 4.98 Å². The van der Waals surface area contributed by atoms with E-state index in [0.29, 0.717) is 13.1 Å². The number of carbonyl (C=O) groups is 1. The number of thiazole rings is 1. The van der Waals surface area contributed by atoms with Gasteiger partial charge in [0.2, 0.25) is 0 Å². The monoisotopic (exact) mass is 308 g/mol. The molecule has 106 valence electrons. The van der Waals surface area contributed by atoms with Gasteiger partial charge in [-0.15, -0.1) is 29.3 Å². The first kappa shape index (κ1) is 14.7. The lowest BCUT2D eigenvalue weighted by Gasteiger charge is -2.22. The second-order valence-electron chi connectivity index (χ2n) is 4.43. The molecule has 1 N–H and O–H groups in total. The molecule has 2 rings (SSSR count). The standard InChI is InChI=1S/C14H16N2O2S2/c1-3-6-16(8-10(2)13(17)18)14-15-11(9-20-14)12-5-4-7-19-12/h3-5,7,9-10H,1,6,8H2,2H3,(H,17,18). The normalized spacial score (nSPS) is 12.1. The highest BCUT2D eigenvalue weighted by Gasteiger charge is 2.18. The van der Waals surface area contributed by atoms with E-state index in [0.717, 1.165) is 15.7 Å². The first-order valence-electron chi connectivity index (χ1n) is 6.20. The summed E-state index contributed by atoms with van der Waals surface area (Å²) in [5.74, 6) is -1.24. The number of aliphatic carboxylic acids is 1.